The van der Waals surface area contributed by atoms with Crippen molar-refractivity contribution in [2.24, 2.45) is 10.7 Å². The lowest BCUT2D eigenvalue weighted by molar-refractivity contribution is 0.00527. The smallest absolute Gasteiger partial charge is 0.191 e. The average Bonchev–Trinajstić information content (AvgIpc) is 2.47. The van der Waals surface area contributed by atoms with Crippen LogP contribution in [0.25, 0.3) is 0 Å². The van der Waals surface area contributed by atoms with E-state index in [0.717, 1.165) is 39.3 Å². The van der Waals surface area contributed by atoms with E-state index < -0.39 is 0 Å². The zero-order valence-electron chi connectivity index (χ0n) is 13.4. The number of halogens is 1. The van der Waals surface area contributed by atoms with Crippen molar-refractivity contribution >= 4 is 41.7 Å². The third-order valence-corrected chi connectivity index (χ3v) is 5.83. The van der Waals surface area contributed by atoms with E-state index in [2.05, 4.69) is 30.0 Å². The van der Waals surface area contributed by atoms with E-state index in [1.54, 1.807) is 0 Å². The number of hydrogen-bond donors (Lipinski definition) is 1. The third kappa shape index (κ3) is 5.44. The molecular weight excluding hydrogens is 399 g/mol. The maximum absolute atomic E-state index is 6.17. The third-order valence-electron chi connectivity index (χ3n) is 4.43. The predicted molar refractivity (Wildman–Crippen MR) is 102 cm³/mol. The highest BCUT2D eigenvalue weighted by molar-refractivity contribution is 14.0. The second kappa shape index (κ2) is 8.79. The van der Waals surface area contributed by atoms with E-state index in [4.69, 9.17) is 15.5 Å². The van der Waals surface area contributed by atoms with Gasteiger partial charge in [0.05, 0.1) is 19.3 Å². The zero-order chi connectivity index (χ0) is 14.6. The average molecular weight is 428 g/mol. The fourth-order valence-electron chi connectivity index (χ4n) is 2.80. The molecule has 0 saturated carbocycles. The Labute approximate surface area is 150 Å². The molecule has 0 aromatic carbocycles. The number of aliphatic imine (C=N–C) groups is 1. The van der Waals surface area contributed by atoms with Crippen LogP contribution in [0.2, 0.25) is 0 Å². The summed E-state index contributed by atoms with van der Waals surface area (Å²) in [6, 6.07) is 0. The van der Waals surface area contributed by atoms with Gasteiger partial charge in [0.1, 0.15) is 0 Å². The summed E-state index contributed by atoms with van der Waals surface area (Å²) >= 11 is 1.95. The number of rotatable bonds is 3. The second-order valence-corrected chi connectivity index (χ2v) is 7.27. The van der Waals surface area contributed by atoms with Crippen LogP contribution >= 0.6 is 35.7 Å². The molecule has 5 nitrogen and oxygen atoms in total. The molecule has 0 aromatic rings. The number of ether oxygens (including phenoxy) is 1. The Morgan fingerprint density at radius 1 is 1.38 bits per heavy atom. The molecule has 1 atom stereocenters. The van der Waals surface area contributed by atoms with Crippen LogP contribution in [0.4, 0.5) is 0 Å². The number of guanidine groups is 1. The summed E-state index contributed by atoms with van der Waals surface area (Å²) in [5.74, 6) is 0.688. The Kier molecular flexibility index (Phi) is 8.08. The van der Waals surface area contributed by atoms with Gasteiger partial charge in [-0.05, 0) is 46.2 Å². The fraction of sp³-hybridized carbons (Fsp3) is 0.929. The van der Waals surface area contributed by atoms with Gasteiger partial charge in [-0.25, -0.2) is 0 Å². The highest BCUT2D eigenvalue weighted by Gasteiger charge is 2.33. The van der Waals surface area contributed by atoms with Gasteiger partial charge >= 0.3 is 0 Å². The molecular formula is C14H29IN4OS. The minimum Gasteiger partial charge on any atom is -0.375 e. The summed E-state index contributed by atoms with van der Waals surface area (Å²) in [6.07, 6.45) is 4.84. The van der Waals surface area contributed by atoms with Gasteiger partial charge in [0.25, 0.3) is 0 Å². The monoisotopic (exact) mass is 428 g/mol. The number of morpholine rings is 1. The quantitative estimate of drug-likeness (QED) is 0.419. The molecule has 0 amide bonds. The maximum Gasteiger partial charge on any atom is 0.191 e. The van der Waals surface area contributed by atoms with Crippen molar-refractivity contribution in [2.75, 3.05) is 52.6 Å². The Morgan fingerprint density at radius 3 is 2.62 bits per heavy atom. The van der Waals surface area contributed by atoms with Crippen LogP contribution in [0.3, 0.4) is 0 Å². The fourth-order valence-corrected chi connectivity index (χ4v) is 3.59. The highest BCUT2D eigenvalue weighted by Crippen LogP contribution is 2.34. The van der Waals surface area contributed by atoms with Crippen LogP contribution in [0, 0.1) is 0 Å². The molecule has 0 spiro atoms. The standard InChI is InChI=1S/C14H28N4OS.HI/c1-12-10-18(8-9-19-12)13(15)16-11-14(20-3)4-6-17(2)7-5-14;/h12H,4-11H2,1-3H3,(H2,15,16);1H. The number of nitrogens with two attached hydrogens (primary N) is 1. The van der Waals surface area contributed by atoms with E-state index >= 15 is 0 Å². The van der Waals surface area contributed by atoms with Crippen LogP contribution in [0.1, 0.15) is 19.8 Å². The zero-order valence-corrected chi connectivity index (χ0v) is 16.5. The molecule has 0 aromatic heterocycles. The molecule has 0 bridgehead atoms. The minimum absolute atomic E-state index is 0. The van der Waals surface area contributed by atoms with Gasteiger partial charge in [-0.1, -0.05) is 0 Å². The molecule has 0 aliphatic carbocycles. The number of piperidine rings is 1. The van der Waals surface area contributed by atoms with Gasteiger partial charge in [-0.3, -0.25) is 4.99 Å². The number of hydrogen-bond acceptors (Lipinski definition) is 4. The van der Waals surface area contributed by atoms with Crippen molar-refractivity contribution in [3.8, 4) is 0 Å². The summed E-state index contributed by atoms with van der Waals surface area (Å²) in [5, 5.41) is 0. The highest BCUT2D eigenvalue weighted by atomic mass is 127. The van der Waals surface area contributed by atoms with E-state index in [9.17, 15) is 0 Å². The van der Waals surface area contributed by atoms with E-state index in [-0.39, 0.29) is 34.8 Å². The van der Waals surface area contributed by atoms with Crippen LogP contribution in [-0.2, 0) is 4.74 Å². The molecule has 2 N–H and O–H groups in total. The molecule has 2 heterocycles. The van der Waals surface area contributed by atoms with Gasteiger partial charge < -0.3 is 20.3 Å². The predicted octanol–water partition coefficient (Wildman–Crippen LogP) is 1.47. The first-order valence-corrected chi connectivity index (χ1v) is 8.67. The number of nitrogens with zero attached hydrogens (tertiary/aromatic N) is 3. The minimum atomic E-state index is 0. The Bertz CT molecular complexity index is 348. The van der Waals surface area contributed by atoms with Gasteiger partial charge in [0.2, 0.25) is 0 Å². The van der Waals surface area contributed by atoms with Crippen LogP contribution in [0.5, 0.6) is 0 Å². The lowest BCUT2D eigenvalue weighted by Crippen LogP contribution is -2.49. The number of thioether (sulfide) groups is 1. The molecule has 2 fully saturated rings. The summed E-state index contributed by atoms with van der Waals surface area (Å²) in [7, 11) is 2.19. The van der Waals surface area contributed by atoms with Gasteiger partial charge in [0, 0.05) is 17.8 Å². The molecule has 7 heteroatoms. The summed E-state index contributed by atoms with van der Waals surface area (Å²) < 4.78 is 5.82. The SMILES string of the molecule is CSC1(CN=C(N)N2CCOC(C)C2)CCN(C)CC1.I. The van der Waals surface area contributed by atoms with Crippen LogP contribution in [-0.4, -0.2) is 79.2 Å². The first-order chi connectivity index (χ1) is 9.54. The summed E-state index contributed by atoms with van der Waals surface area (Å²) in [4.78, 5) is 9.24. The molecule has 21 heavy (non-hydrogen) atoms. The first kappa shape index (κ1) is 19.3. The molecule has 124 valence electrons. The van der Waals surface area contributed by atoms with Gasteiger partial charge in [0.15, 0.2) is 5.96 Å². The lowest BCUT2D eigenvalue weighted by Gasteiger charge is -2.39. The largest absolute Gasteiger partial charge is 0.375 e. The van der Waals surface area contributed by atoms with Crippen molar-refractivity contribution in [3.63, 3.8) is 0 Å². The Morgan fingerprint density at radius 2 is 2.05 bits per heavy atom. The summed E-state index contributed by atoms with van der Waals surface area (Å²) in [5.41, 5.74) is 6.17. The van der Waals surface area contributed by atoms with E-state index in [1.165, 1.54) is 12.8 Å². The van der Waals surface area contributed by atoms with Gasteiger partial charge in [-0.15, -0.1) is 24.0 Å². The second-order valence-electron chi connectivity index (χ2n) is 5.99. The maximum atomic E-state index is 6.17. The first-order valence-electron chi connectivity index (χ1n) is 7.45. The van der Waals surface area contributed by atoms with Crippen molar-refractivity contribution in [1.82, 2.24) is 9.80 Å². The lowest BCUT2D eigenvalue weighted by atomic mass is 9.96. The van der Waals surface area contributed by atoms with Crippen molar-refractivity contribution < 1.29 is 4.74 Å². The molecule has 1 unspecified atom stereocenters. The topological polar surface area (TPSA) is 54.1 Å². The molecule has 2 aliphatic heterocycles. The van der Waals surface area contributed by atoms with Crippen molar-refractivity contribution in [1.29, 1.82) is 0 Å². The molecule has 2 saturated heterocycles. The van der Waals surface area contributed by atoms with Crippen molar-refractivity contribution in [2.45, 2.75) is 30.6 Å². The molecule has 2 aliphatic rings. The van der Waals surface area contributed by atoms with Gasteiger partial charge in [-0.2, -0.15) is 11.8 Å². The normalized spacial score (nSPS) is 27.3. The number of likely N-dealkylation sites (tertiary alicyclic amines) is 1. The van der Waals surface area contributed by atoms with Crippen LogP contribution in [0.15, 0.2) is 4.99 Å². The van der Waals surface area contributed by atoms with Crippen LogP contribution < -0.4 is 5.73 Å². The Balaban J connectivity index is 0.00000220. The van der Waals surface area contributed by atoms with Crippen molar-refractivity contribution in [3.05, 3.63) is 0 Å². The molecule has 2 rings (SSSR count). The van der Waals surface area contributed by atoms with E-state index in [1.807, 2.05) is 11.8 Å². The van der Waals surface area contributed by atoms with E-state index in [0.29, 0.717) is 5.96 Å². The Hall–Kier alpha value is 0.270. The summed E-state index contributed by atoms with van der Waals surface area (Å²) in [6.45, 7) is 7.68. The molecule has 0 radical (unpaired) electrons.